The molecule has 0 saturated carbocycles. The standard InChI is InChI=1S/C27H28N2O5/c1-5-32-25-15-21(9-13-24(25)34-27(31)22-10-6-18(2)7-11-22)16-28-29-26(30)17-33-23-12-8-19(3)14-20(23)4/h6-16H,5,17H2,1-4H3,(H,29,30)/b28-16-. The van der Waals surface area contributed by atoms with Gasteiger partial charge in [0.25, 0.3) is 5.91 Å². The van der Waals surface area contributed by atoms with Crippen LogP contribution in [-0.2, 0) is 4.79 Å². The number of benzene rings is 3. The fourth-order valence-electron chi connectivity index (χ4n) is 3.12. The van der Waals surface area contributed by atoms with Crippen LogP contribution in [0.3, 0.4) is 0 Å². The Hall–Kier alpha value is -4.13. The van der Waals surface area contributed by atoms with E-state index >= 15 is 0 Å². The summed E-state index contributed by atoms with van der Waals surface area (Å²) in [6, 6.07) is 17.9. The van der Waals surface area contributed by atoms with E-state index < -0.39 is 5.97 Å². The summed E-state index contributed by atoms with van der Waals surface area (Å²) in [5.41, 5.74) is 6.69. The zero-order valence-corrected chi connectivity index (χ0v) is 19.8. The van der Waals surface area contributed by atoms with E-state index in [0.29, 0.717) is 35.0 Å². The number of carbonyl (C=O) groups excluding carboxylic acids is 2. The van der Waals surface area contributed by atoms with Crippen molar-refractivity contribution in [3.63, 3.8) is 0 Å². The summed E-state index contributed by atoms with van der Waals surface area (Å²) in [5, 5.41) is 3.97. The van der Waals surface area contributed by atoms with E-state index in [1.165, 1.54) is 6.21 Å². The van der Waals surface area contributed by atoms with Crippen LogP contribution in [0.1, 0.15) is 39.5 Å². The van der Waals surface area contributed by atoms with Crippen LogP contribution < -0.4 is 19.6 Å². The Kier molecular flexibility index (Phi) is 8.40. The van der Waals surface area contributed by atoms with Gasteiger partial charge in [0.15, 0.2) is 18.1 Å². The lowest BCUT2D eigenvalue weighted by Gasteiger charge is -2.11. The van der Waals surface area contributed by atoms with E-state index in [1.54, 1.807) is 30.3 Å². The normalized spacial score (nSPS) is 10.7. The minimum atomic E-state index is -0.474. The Balaban J connectivity index is 1.59. The van der Waals surface area contributed by atoms with Crippen molar-refractivity contribution in [2.45, 2.75) is 27.7 Å². The Morgan fingerprint density at radius 1 is 0.853 bits per heavy atom. The maximum absolute atomic E-state index is 12.5. The highest BCUT2D eigenvalue weighted by Crippen LogP contribution is 2.29. The molecule has 0 radical (unpaired) electrons. The van der Waals surface area contributed by atoms with Gasteiger partial charge in [0, 0.05) is 0 Å². The molecule has 7 heteroatoms. The molecule has 0 heterocycles. The van der Waals surface area contributed by atoms with Crippen molar-refractivity contribution < 1.29 is 23.8 Å². The number of amides is 1. The van der Waals surface area contributed by atoms with Gasteiger partial charge in [-0.2, -0.15) is 5.10 Å². The molecule has 0 bridgehead atoms. The van der Waals surface area contributed by atoms with Crippen LogP contribution in [0.25, 0.3) is 0 Å². The number of nitrogens with zero attached hydrogens (tertiary/aromatic N) is 1. The van der Waals surface area contributed by atoms with E-state index in [9.17, 15) is 9.59 Å². The third-order valence-corrected chi connectivity index (χ3v) is 4.85. The lowest BCUT2D eigenvalue weighted by atomic mass is 10.1. The van der Waals surface area contributed by atoms with Crippen LogP contribution in [0.4, 0.5) is 0 Å². The second kappa shape index (κ2) is 11.7. The van der Waals surface area contributed by atoms with E-state index in [2.05, 4.69) is 10.5 Å². The summed E-state index contributed by atoms with van der Waals surface area (Å²) in [6.07, 6.45) is 1.48. The maximum atomic E-state index is 12.5. The number of esters is 1. The average Bonchev–Trinajstić information content (AvgIpc) is 2.80. The van der Waals surface area contributed by atoms with Gasteiger partial charge in [-0.05, 0) is 75.2 Å². The number of hydrazone groups is 1. The molecule has 0 fully saturated rings. The number of hydrogen-bond acceptors (Lipinski definition) is 6. The summed E-state index contributed by atoms with van der Waals surface area (Å²) >= 11 is 0. The molecule has 0 unspecified atom stereocenters. The highest BCUT2D eigenvalue weighted by atomic mass is 16.6. The van der Waals surface area contributed by atoms with Crippen LogP contribution in [0.15, 0.2) is 65.8 Å². The quantitative estimate of drug-likeness (QED) is 0.215. The number of rotatable bonds is 9. The van der Waals surface area contributed by atoms with Crippen LogP contribution in [0, 0.1) is 20.8 Å². The monoisotopic (exact) mass is 460 g/mol. The SMILES string of the molecule is CCOc1cc(/C=N\NC(=O)COc2ccc(C)cc2C)ccc1OC(=O)c1ccc(C)cc1. The third-order valence-electron chi connectivity index (χ3n) is 4.85. The first-order valence-electron chi connectivity index (χ1n) is 10.9. The van der Waals surface area contributed by atoms with Gasteiger partial charge in [-0.25, -0.2) is 10.2 Å². The first-order chi connectivity index (χ1) is 16.4. The lowest BCUT2D eigenvalue weighted by Crippen LogP contribution is -2.24. The maximum Gasteiger partial charge on any atom is 0.343 e. The summed E-state index contributed by atoms with van der Waals surface area (Å²) in [7, 11) is 0. The molecule has 1 amide bonds. The van der Waals surface area contributed by atoms with Gasteiger partial charge >= 0.3 is 5.97 Å². The van der Waals surface area contributed by atoms with E-state index in [0.717, 1.165) is 16.7 Å². The number of hydrogen-bond donors (Lipinski definition) is 1. The minimum Gasteiger partial charge on any atom is -0.490 e. The third kappa shape index (κ3) is 6.93. The molecule has 3 rings (SSSR count). The van der Waals surface area contributed by atoms with Crippen molar-refractivity contribution >= 4 is 18.1 Å². The molecular weight excluding hydrogens is 432 g/mol. The molecule has 1 N–H and O–H groups in total. The van der Waals surface area contributed by atoms with Gasteiger partial charge in [0.2, 0.25) is 0 Å². The highest BCUT2D eigenvalue weighted by molar-refractivity contribution is 5.91. The molecule has 34 heavy (non-hydrogen) atoms. The number of aryl methyl sites for hydroxylation is 3. The van der Waals surface area contributed by atoms with Crippen molar-refractivity contribution in [3.8, 4) is 17.2 Å². The van der Waals surface area contributed by atoms with Gasteiger partial charge < -0.3 is 14.2 Å². The zero-order valence-electron chi connectivity index (χ0n) is 19.8. The van der Waals surface area contributed by atoms with Crippen LogP contribution in [-0.4, -0.2) is 31.3 Å². The summed E-state index contributed by atoms with van der Waals surface area (Å²) in [5.74, 6) is 0.497. The molecule has 0 atom stereocenters. The largest absolute Gasteiger partial charge is 0.490 e. The van der Waals surface area contributed by atoms with Crippen LogP contribution in [0.5, 0.6) is 17.2 Å². The Morgan fingerprint density at radius 2 is 1.56 bits per heavy atom. The predicted octanol–water partition coefficient (Wildman–Crippen LogP) is 4.76. The molecule has 3 aromatic carbocycles. The van der Waals surface area contributed by atoms with Gasteiger partial charge in [0.05, 0.1) is 18.4 Å². The second-order valence-corrected chi connectivity index (χ2v) is 7.75. The molecule has 0 aliphatic rings. The highest BCUT2D eigenvalue weighted by Gasteiger charge is 2.13. The van der Waals surface area contributed by atoms with E-state index in [4.69, 9.17) is 14.2 Å². The van der Waals surface area contributed by atoms with Gasteiger partial charge in [-0.1, -0.05) is 35.4 Å². The molecule has 0 aliphatic carbocycles. The van der Waals surface area contributed by atoms with Crippen molar-refractivity contribution in [1.82, 2.24) is 5.43 Å². The molecular formula is C27H28N2O5. The smallest absolute Gasteiger partial charge is 0.343 e. The van der Waals surface area contributed by atoms with E-state index in [1.807, 2.05) is 58.0 Å². The first-order valence-corrected chi connectivity index (χ1v) is 10.9. The van der Waals surface area contributed by atoms with Crippen molar-refractivity contribution in [2.75, 3.05) is 13.2 Å². The zero-order chi connectivity index (χ0) is 24.5. The van der Waals surface area contributed by atoms with E-state index in [-0.39, 0.29) is 12.5 Å². The fraction of sp³-hybridized carbons (Fsp3) is 0.222. The van der Waals surface area contributed by atoms with Crippen molar-refractivity contribution in [2.24, 2.45) is 5.10 Å². The number of nitrogens with one attached hydrogen (secondary N) is 1. The first kappa shape index (κ1) is 24.5. The fourth-order valence-corrected chi connectivity index (χ4v) is 3.12. The lowest BCUT2D eigenvalue weighted by molar-refractivity contribution is -0.123. The molecule has 7 nitrogen and oxygen atoms in total. The number of ether oxygens (including phenoxy) is 3. The van der Waals surface area contributed by atoms with Gasteiger partial charge in [-0.15, -0.1) is 0 Å². The number of carbonyl (C=O) groups is 2. The Bertz CT molecular complexity index is 1190. The van der Waals surface area contributed by atoms with Crippen LogP contribution >= 0.6 is 0 Å². The minimum absolute atomic E-state index is 0.153. The molecule has 3 aromatic rings. The summed E-state index contributed by atoms with van der Waals surface area (Å²) < 4.78 is 16.7. The Morgan fingerprint density at radius 3 is 2.26 bits per heavy atom. The molecule has 0 spiro atoms. The Labute approximate surface area is 199 Å². The van der Waals surface area contributed by atoms with Gasteiger partial charge in [0.1, 0.15) is 5.75 Å². The second-order valence-electron chi connectivity index (χ2n) is 7.75. The summed E-state index contributed by atoms with van der Waals surface area (Å²) in [6.45, 7) is 7.94. The molecule has 176 valence electrons. The van der Waals surface area contributed by atoms with Crippen LogP contribution in [0.2, 0.25) is 0 Å². The van der Waals surface area contributed by atoms with Crippen molar-refractivity contribution in [3.05, 3.63) is 88.5 Å². The molecule has 0 aromatic heterocycles. The average molecular weight is 461 g/mol. The molecule has 0 saturated heterocycles. The van der Waals surface area contributed by atoms with Gasteiger partial charge in [-0.3, -0.25) is 4.79 Å². The summed E-state index contributed by atoms with van der Waals surface area (Å²) in [4.78, 5) is 24.5. The predicted molar refractivity (Wildman–Crippen MR) is 131 cm³/mol. The topological polar surface area (TPSA) is 86.2 Å². The van der Waals surface area contributed by atoms with Crippen molar-refractivity contribution in [1.29, 1.82) is 0 Å². The molecule has 0 aliphatic heterocycles.